The van der Waals surface area contributed by atoms with E-state index in [1.165, 1.54) is 38.5 Å². The standard InChI is InChI=1S/C39H30N2/c1-3-29-17-16-28(2)40(37-13-7-4-10-32(37)19-18-29)33-24-20-30(21-25-33)31-22-26-34(27-23-31)41-38-14-8-5-11-35(38)36-12-6-9-15-39(36)41/h3-18,20-27H,1-2,19H2. The van der Waals surface area contributed by atoms with E-state index in [2.05, 4.69) is 162 Å². The second-order valence-corrected chi connectivity index (χ2v) is 10.4. The van der Waals surface area contributed by atoms with Gasteiger partial charge in [-0.05, 0) is 77.2 Å². The van der Waals surface area contributed by atoms with Crippen molar-refractivity contribution in [2.24, 2.45) is 0 Å². The van der Waals surface area contributed by atoms with Gasteiger partial charge in [-0.3, -0.25) is 0 Å². The fourth-order valence-electron chi connectivity index (χ4n) is 5.88. The normalized spacial score (nSPS) is 13.4. The van der Waals surface area contributed by atoms with Crippen molar-refractivity contribution < 1.29 is 0 Å². The highest BCUT2D eigenvalue weighted by Crippen LogP contribution is 2.36. The van der Waals surface area contributed by atoms with Crippen molar-refractivity contribution in [2.45, 2.75) is 6.42 Å². The maximum Gasteiger partial charge on any atom is 0.0541 e. The van der Waals surface area contributed by atoms with Crippen molar-refractivity contribution >= 4 is 33.2 Å². The van der Waals surface area contributed by atoms with Crippen LogP contribution in [0.1, 0.15) is 5.56 Å². The van der Waals surface area contributed by atoms with Gasteiger partial charge in [-0.2, -0.15) is 0 Å². The zero-order chi connectivity index (χ0) is 27.8. The number of allylic oxidation sites excluding steroid dienone is 5. The summed E-state index contributed by atoms with van der Waals surface area (Å²) in [5.41, 5.74) is 11.5. The summed E-state index contributed by atoms with van der Waals surface area (Å²) in [6, 6.07) is 43.4. The first-order valence-corrected chi connectivity index (χ1v) is 14.0. The summed E-state index contributed by atoms with van der Waals surface area (Å²) in [6.45, 7) is 8.38. The summed E-state index contributed by atoms with van der Waals surface area (Å²) in [7, 11) is 0. The van der Waals surface area contributed by atoms with Crippen molar-refractivity contribution in [1.29, 1.82) is 0 Å². The molecule has 2 heteroatoms. The molecule has 5 aromatic carbocycles. The number of anilines is 2. The Bertz CT molecular complexity index is 1930. The third-order valence-electron chi connectivity index (χ3n) is 7.95. The molecule has 1 aliphatic heterocycles. The first-order chi connectivity index (χ1) is 20.2. The lowest BCUT2D eigenvalue weighted by Gasteiger charge is -2.27. The molecule has 1 aromatic heterocycles. The van der Waals surface area contributed by atoms with Gasteiger partial charge in [0.05, 0.1) is 11.0 Å². The second kappa shape index (κ2) is 10.3. The molecule has 1 aliphatic rings. The molecule has 7 rings (SSSR count). The van der Waals surface area contributed by atoms with Gasteiger partial charge < -0.3 is 9.47 Å². The number of hydrogen-bond acceptors (Lipinski definition) is 1. The summed E-state index contributed by atoms with van der Waals surface area (Å²) >= 11 is 0. The average molecular weight is 527 g/mol. The summed E-state index contributed by atoms with van der Waals surface area (Å²) in [5, 5.41) is 2.55. The number of benzene rings is 5. The van der Waals surface area contributed by atoms with Crippen LogP contribution in [0.4, 0.5) is 11.4 Å². The Kier molecular flexibility index (Phi) is 6.22. The average Bonchev–Trinajstić information content (AvgIpc) is 3.39. The number of rotatable bonds is 4. The lowest BCUT2D eigenvalue weighted by atomic mass is 10.0. The molecule has 0 amide bonds. The van der Waals surface area contributed by atoms with Gasteiger partial charge in [0.15, 0.2) is 0 Å². The van der Waals surface area contributed by atoms with E-state index < -0.39 is 0 Å². The molecule has 2 nitrogen and oxygen atoms in total. The number of nitrogens with zero attached hydrogens (tertiary/aromatic N) is 2. The Morgan fingerprint density at radius 3 is 1.78 bits per heavy atom. The molecule has 196 valence electrons. The van der Waals surface area contributed by atoms with Crippen molar-refractivity contribution in [3.63, 3.8) is 0 Å². The van der Waals surface area contributed by atoms with E-state index in [9.17, 15) is 0 Å². The van der Waals surface area contributed by atoms with Gasteiger partial charge in [-0.15, -0.1) is 0 Å². The largest absolute Gasteiger partial charge is 0.311 e. The molecule has 0 fully saturated rings. The van der Waals surface area contributed by atoms with Crippen LogP contribution in [0.25, 0.3) is 38.6 Å². The van der Waals surface area contributed by atoms with Crippen molar-refractivity contribution in [2.75, 3.05) is 4.90 Å². The van der Waals surface area contributed by atoms with Crippen LogP contribution in [-0.4, -0.2) is 4.57 Å². The molecule has 0 saturated heterocycles. The second-order valence-electron chi connectivity index (χ2n) is 10.4. The van der Waals surface area contributed by atoms with Crippen LogP contribution in [0, 0.1) is 0 Å². The third-order valence-corrected chi connectivity index (χ3v) is 7.95. The molecule has 0 radical (unpaired) electrons. The maximum absolute atomic E-state index is 4.42. The zero-order valence-corrected chi connectivity index (χ0v) is 22.9. The molecule has 0 bridgehead atoms. The topological polar surface area (TPSA) is 8.17 Å². The van der Waals surface area contributed by atoms with Crippen LogP contribution in [0.15, 0.2) is 170 Å². The molecule has 0 atom stereocenters. The number of fused-ring (bicyclic) bond motifs is 4. The maximum atomic E-state index is 4.42. The van der Waals surface area contributed by atoms with Gasteiger partial charge in [-0.1, -0.05) is 110 Å². The van der Waals surface area contributed by atoms with Crippen LogP contribution in [-0.2, 0) is 6.42 Å². The predicted molar refractivity (Wildman–Crippen MR) is 175 cm³/mol. The summed E-state index contributed by atoms with van der Waals surface area (Å²) < 4.78 is 2.35. The van der Waals surface area contributed by atoms with Crippen LogP contribution in [0.2, 0.25) is 0 Å². The van der Waals surface area contributed by atoms with E-state index in [-0.39, 0.29) is 0 Å². The van der Waals surface area contributed by atoms with E-state index >= 15 is 0 Å². The van der Waals surface area contributed by atoms with E-state index in [4.69, 9.17) is 0 Å². The highest BCUT2D eigenvalue weighted by Gasteiger charge is 2.16. The Labute approximate surface area is 241 Å². The zero-order valence-electron chi connectivity index (χ0n) is 22.9. The molecule has 0 spiro atoms. The molecular formula is C39H30N2. The fraction of sp³-hybridized carbons (Fsp3) is 0.0256. The van der Waals surface area contributed by atoms with E-state index in [1.807, 2.05) is 6.08 Å². The Morgan fingerprint density at radius 1 is 0.585 bits per heavy atom. The minimum absolute atomic E-state index is 0.835. The van der Waals surface area contributed by atoms with Crippen molar-refractivity contribution in [1.82, 2.24) is 4.57 Å². The van der Waals surface area contributed by atoms with Crippen molar-refractivity contribution in [3.05, 3.63) is 176 Å². The van der Waals surface area contributed by atoms with Gasteiger partial charge in [0, 0.05) is 33.5 Å². The minimum atomic E-state index is 0.835. The van der Waals surface area contributed by atoms with E-state index in [1.54, 1.807) is 0 Å². The summed E-state index contributed by atoms with van der Waals surface area (Å²) in [4.78, 5) is 2.24. The van der Waals surface area contributed by atoms with E-state index in [0.717, 1.165) is 34.8 Å². The lowest BCUT2D eigenvalue weighted by molar-refractivity contribution is 1.16. The summed E-state index contributed by atoms with van der Waals surface area (Å²) in [6.07, 6.45) is 9.09. The fourth-order valence-corrected chi connectivity index (χ4v) is 5.88. The molecular weight excluding hydrogens is 496 g/mol. The first-order valence-electron chi connectivity index (χ1n) is 14.0. The van der Waals surface area contributed by atoms with Gasteiger partial charge in [-0.25, -0.2) is 0 Å². The van der Waals surface area contributed by atoms with Crippen LogP contribution >= 0.6 is 0 Å². The monoisotopic (exact) mass is 526 g/mol. The molecule has 41 heavy (non-hydrogen) atoms. The smallest absolute Gasteiger partial charge is 0.0541 e. The minimum Gasteiger partial charge on any atom is -0.311 e. The van der Waals surface area contributed by atoms with Gasteiger partial charge in [0.1, 0.15) is 0 Å². The van der Waals surface area contributed by atoms with Crippen LogP contribution in [0.3, 0.4) is 0 Å². The Morgan fingerprint density at radius 2 is 1.15 bits per heavy atom. The molecule has 6 aromatic rings. The molecule has 0 saturated carbocycles. The lowest BCUT2D eigenvalue weighted by Crippen LogP contribution is -2.15. The van der Waals surface area contributed by atoms with Crippen molar-refractivity contribution in [3.8, 4) is 16.8 Å². The molecule has 2 heterocycles. The van der Waals surface area contributed by atoms with E-state index in [0.29, 0.717) is 0 Å². The van der Waals surface area contributed by atoms with Gasteiger partial charge >= 0.3 is 0 Å². The Hall–Kier alpha value is -5.34. The SMILES string of the molecule is C=CC1=CCc2ccccc2N(c2ccc(-c3ccc(-n4c5ccccc5c5ccccc54)cc3)cc2)C(=C)C=C1. The van der Waals surface area contributed by atoms with Crippen LogP contribution < -0.4 is 4.90 Å². The molecule has 0 unspecified atom stereocenters. The number of aromatic nitrogens is 1. The number of hydrogen-bond donors (Lipinski definition) is 0. The first kappa shape index (κ1) is 24.7. The van der Waals surface area contributed by atoms with Crippen LogP contribution in [0.5, 0.6) is 0 Å². The predicted octanol–water partition coefficient (Wildman–Crippen LogP) is 10.3. The summed E-state index contributed by atoms with van der Waals surface area (Å²) in [5.74, 6) is 0. The Balaban J connectivity index is 1.23. The highest BCUT2D eigenvalue weighted by molar-refractivity contribution is 6.09. The van der Waals surface area contributed by atoms with Gasteiger partial charge in [0.25, 0.3) is 0 Å². The number of para-hydroxylation sites is 3. The molecule has 0 N–H and O–H groups in total. The molecule has 0 aliphatic carbocycles. The van der Waals surface area contributed by atoms with Gasteiger partial charge in [0.2, 0.25) is 0 Å². The third kappa shape index (κ3) is 4.40. The highest BCUT2D eigenvalue weighted by atomic mass is 15.1. The quantitative estimate of drug-likeness (QED) is 0.222.